The molecular weight excluding hydrogens is 314 g/mol. The van der Waals surface area contributed by atoms with Crippen molar-refractivity contribution in [2.24, 2.45) is 0 Å². The molecule has 5 heteroatoms. The van der Waals surface area contributed by atoms with Crippen molar-refractivity contribution in [1.82, 2.24) is 4.98 Å². The molecule has 0 aliphatic carbocycles. The second-order valence-electron chi connectivity index (χ2n) is 8.39. The molecule has 0 radical (unpaired) electrons. The molecule has 0 bridgehead atoms. The van der Waals surface area contributed by atoms with Gasteiger partial charge >= 0.3 is 0 Å². The molecule has 0 atom stereocenters. The summed E-state index contributed by atoms with van der Waals surface area (Å²) in [6.45, 7) is 21.6. The average molecular weight is 344 g/mol. The molecule has 1 nitrogen and oxygen atoms in total. The fraction of sp³-hybridized carbons (Fsp3) is 0.667. The van der Waals surface area contributed by atoms with E-state index in [-0.39, 0.29) is 4.28 Å². The average Bonchev–Trinajstić information content (AvgIpc) is 2.10. The Labute approximate surface area is 132 Å². The van der Waals surface area contributed by atoms with Gasteiger partial charge < -0.3 is 0 Å². The van der Waals surface area contributed by atoms with Crippen molar-refractivity contribution >= 4 is 34.6 Å². The largest absolute Gasteiger partial charge is 0.258 e. The van der Waals surface area contributed by atoms with Crippen LogP contribution in [0.1, 0.15) is 11.4 Å². The van der Waals surface area contributed by atoms with Gasteiger partial charge in [-0.25, -0.2) is 0 Å². The van der Waals surface area contributed by atoms with Gasteiger partial charge in [0, 0.05) is 15.7 Å². The van der Waals surface area contributed by atoms with Gasteiger partial charge in [0.1, 0.15) is 0 Å². The van der Waals surface area contributed by atoms with Crippen molar-refractivity contribution in [3.05, 3.63) is 29.6 Å². The molecule has 1 heterocycles. The first-order valence-electron chi connectivity index (χ1n) is 7.38. The summed E-state index contributed by atoms with van der Waals surface area (Å²) in [4.78, 5) is 4.96. The van der Waals surface area contributed by atoms with Gasteiger partial charge in [0.2, 0.25) is 0 Å². The molecule has 1 aromatic rings. The smallest absolute Gasteiger partial charge is 0.157 e. The van der Waals surface area contributed by atoms with Crippen LogP contribution in [0.15, 0.2) is 18.2 Å². The molecule has 0 fully saturated rings. The summed E-state index contributed by atoms with van der Waals surface area (Å²) in [6, 6.07) is 6.48. The highest BCUT2D eigenvalue weighted by Gasteiger charge is 2.63. The number of rotatable bonds is 4. The van der Waals surface area contributed by atoms with Crippen molar-refractivity contribution < 1.29 is 0 Å². The van der Waals surface area contributed by atoms with Crippen molar-refractivity contribution in [2.45, 2.75) is 63.6 Å². The minimum absolute atomic E-state index is 0.167. The summed E-state index contributed by atoms with van der Waals surface area (Å²) in [7, 11) is -5.02. The van der Waals surface area contributed by atoms with Crippen LogP contribution in [-0.2, 0) is 4.28 Å². The molecule has 0 aliphatic rings. The Kier molecular flexibility index (Phi) is 4.88. The number of hydrogen-bond acceptors (Lipinski definition) is 1. The van der Waals surface area contributed by atoms with Crippen LogP contribution in [0, 0.1) is 6.92 Å². The van der Waals surface area contributed by atoms with Gasteiger partial charge in [0.15, 0.2) is 7.38 Å². The Bertz CT molecular complexity index is 445. The maximum absolute atomic E-state index is 7.18. The first-order chi connectivity index (χ1) is 8.75. The van der Waals surface area contributed by atoms with Gasteiger partial charge in [-0.1, -0.05) is 58.4 Å². The van der Waals surface area contributed by atoms with Crippen LogP contribution >= 0.6 is 11.1 Å². The van der Waals surface area contributed by atoms with E-state index in [1.165, 1.54) is 5.69 Å². The third kappa shape index (κ3) is 2.85. The number of aryl methyl sites for hydroxylation is 1. The van der Waals surface area contributed by atoms with Gasteiger partial charge in [-0.2, -0.15) is 11.1 Å². The molecule has 0 amide bonds. The van der Waals surface area contributed by atoms with Crippen LogP contribution in [0.4, 0.5) is 0 Å². The van der Waals surface area contributed by atoms with Crippen LogP contribution < -0.4 is 0 Å². The predicted octanol–water partition coefficient (Wildman–Crippen LogP) is 5.37. The van der Waals surface area contributed by atoms with Gasteiger partial charge in [0.05, 0.1) is 16.1 Å². The van der Waals surface area contributed by atoms with E-state index in [1.807, 2.05) is 0 Å². The fourth-order valence-electron chi connectivity index (χ4n) is 4.73. The van der Waals surface area contributed by atoms with Gasteiger partial charge in [0.25, 0.3) is 0 Å². The Morgan fingerprint density at radius 3 is 1.65 bits per heavy atom. The number of pyridine rings is 1. The topological polar surface area (TPSA) is 12.9 Å². The molecule has 0 aromatic carbocycles. The standard InChI is InChI=1S/C15H30ClNSi3/c1-13-11-10-12-14(17-13)15(18(2,3)4,19(5,6)7)20(8,9)16/h10-12H,1-9H3. The molecule has 1 aromatic heterocycles. The SMILES string of the molecule is Cc1cccc(C([Si](C)(C)C)([Si](C)(C)C)[Si](C)(C)Cl)n1. The number of aromatic nitrogens is 1. The molecule has 0 aliphatic heterocycles. The lowest BCUT2D eigenvalue weighted by Gasteiger charge is -2.57. The van der Waals surface area contributed by atoms with Gasteiger partial charge in [-0.05, 0) is 19.1 Å². The number of halogens is 1. The zero-order valence-corrected chi connectivity index (χ0v) is 18.3. The third-order valence-electron chi connectivity index (χ3n) is 4.41. The number of hydrogen-bond donors (Lipinski definition) is 0. The van der Waals surface area contributed by atoms with E-state index in [9.17, 15) is 0 Å². The van der Waals surface area contributed by atoms with Crippen LogP contribution in [0.2, 0.25) is 52.4 Å². The molecule has 114 valence electrons. The molecular formula is C15H30ClNSi3. The Morgan fingerprint density at radius 2 is 1.35 bits per heavy atom. The van der Waals surface area contributed by atoms with Gasteiger partial charge in [-0.3, -0.25) is 4.98 Å². The number of nitrogens with zero attached hydrogens (tertiary/aromatic N) is 1. The Hall–Kier alpha value is 0.0906. The lowest BCUT2D eigenvalue weighted by atomic mass is 10.3. The highest BCUT2D eigenvalue weighted by Crippen LogP contribution is 2.49. The van der Waals surface area contributed by atoms with E-state index >= 15 is 0 Å². The summed E-state index contributed by atoms with van der Waals surface area (Å²) >= 11 is 7.18. The highest BCUT2D eigenvalue weighted by molar-refractivity contribution is 7.32. The van der Waals surface area contributed by atoms with E-state index in [4.69, 9.17) is 16.1 Å². The van der Waals surface area contributed by atoms with E-state index in [0.29, 0.717) is 0 Å². The maximum Gasteiger partial charge on any atom is 0.157 e. The minimum atomic E-state index is -1.94. The molecule has 0 spiro atoms. The predicted molar refractivity (Wildman–Crippen MR) is 101 cm³/mol. The summed E-state index contributed by atoms with van der Waals surface area (Å²) in [5.41, 5.74) is 2.39. The molecule has 0 saturated carbocycles. The van der Waals surface area contributed by atoms with Crippen LogP contribution in [0.3, 0.4) is 0 Å². The maximum atomic E-state index is 7.18. The van der Waals surface area contributed by atoms with Crippen molar-refractivity contribution in [3.63, 3.8) is 0 Å². The second kappa shape index (κ2) is 5.38. The fourth-order valence-corrected chi connectivity index (χ4v) is 36.0. The third-order valence-corrected chi connectivity index (χ3v) is 26.0. The Morgan fingerprint density at radius 1 is 0.900 bits per heavy atom. The van der Waals surface area contributed by atoms with Crippen LogP contribution in [0.5, 0.6) is 0 Å². The van der Waals surface area contributed by atoms with E-state index in [0.717, 1.165) is 5.69 Å². The van der Waals surface area contributed by atoms with E-state index in [2.05, 4.69) is 77.5 Å². The molecule has 20 heavy (non-hydrogen) atoms. The quantitative estimate of drug-likeness (QED) is 0.529. The molecule has 0 unspecified atom stereocenters. The molecule has 0 N–H and O–H groups in total. The lowest BCUT2D eigenvalue weighted by molar-refractivity contribution is 0.942. The second-order valence-corrected chi connectivity index (χ2v) is 26.9. The van der Waals surface area contributed by atoms with Crippen molar-refractivity contribution in [2.75, 3.05) is 0 Å². The zero-order chi connectivity index (χ0) is 16.0. The highest BCUT2D eigenvalue weighted by atomic mass is 35.6. The molecule has 1 rings (SSSR count). The van der Waals surface area contributed by atoms with Crippen LogP contribution in [0.25, 0.3) is 0 Å². The molecule has 0 saturated heterocycles. The summed E-state index contributed by atoms with van der Waals surface area (Å²) < 4.78 is 0.167. The minimum Gasteiger partial charge on any atom is -0.258 e. The van der Waals surface area contributed by atoms with Crippen molar-refractivity contribution in [3.8, 4) is 0 Å². The summed E-state index contributed by atoms with van der Waals surface area (Å²) in [6.07, 6.45) is 0. The van der Waals surface area contributed by atoms with Gasteiger partial charge in [-0.15, -0.1) is 0 Å². The first kappa shape index (κ1) is 18.1. The van der Waals surface area contributed by atoms with Crippen LogP contribution in [-0.4, -0.2) is 28.5 Å². The summed E-state index contributed by atoms with van der Waals surface area (Å²) in [5, 5.41) is 0. The lowest BCUT2D eigenvalue weighted by Crippen LogP contribution is -2.74. The van der Waals surface area contributed by atoms with E-state index in [1.54, 1.807) is 0 Å². The first-order valence-corrected chi connectivity index (χ1v) is 18.4. The monoisotopic (exact) mass is 343 g/mol. The Balaban J connectivity index is 3.82. The van der Waals surface area contributed by atoms with E-state index < -0.39 is 23.5 Å². The normalized spacial score (nSPS) is 14.5. The summed E-state index contributed by atoms with van der Waals surface area (Å²) in [5.74, 6) is 0. The van der Waals surface area contributed by atoms with Crippen molar-refractivity contribution in [1.29, 1.82) is 0 Å². The zero-order valence-electron chi connectivity index (χ0n) is 14.6.